The summed E-state index contributed by atoms with van der Waals surface area (Å²) in [6, 6.07) is 17.7. The lowest BCUT2D eigenvalue weighted by Gasteiger charge is -2.05. The van der Waals surface area contributed by atoms with E-state index in [0.29, 0.717) is 0 Å². The molecule has 3 nitrogen and oxygen atoms in total. The molecule has 0 atom stereocenters. The molecule has 2 radical (unpaired) electrons. The summed E-state index contributed by atoms with van der Waals surface area (Å²) in [4.78, 5) is 0. The van der Waals surface area contributed by atoms with Gasteiger partial charge in [0.2, 0.25) is 0 Å². The first-order chi connectivity index (χ1) is 6.84. The fraction of sp³-hybridized carbons (Fsp3) is 0. The summed E-state index contributed by atoms with van der Waals surface area (Å²) in [5.41, 5.74) is 8.50. The fourth-order valence-corrected chi connectivity index (χ4v) is 1.25. The highest BCUT2D eigenvalue weighted by Gasteiger charge is 1.92. The molecule has 3 heteroatoms. The van der Waals surface area contributed by atoms with Crippen molar-refractivity contribution < 1.29 is 5.48 Å². The van der Waals surface area contributed by atoms with Crippen LogP contribution in [0, 0.1) is 0 Å². The Morgan fingerprint density at radius 3 is 1.87 bits per heavy atom. The minimum atomic E-state index is 0. The quantitative estimate of drug-likeness (QED) is 0.732. The number of hydrogen-bond donors (Lipinski definition) is 2. The van der Waals surface area contributed by atoms with Crippen molar-refractivity contribution in [1.29, 1.82) is 0 Å². The van der Waals surface area contributed by atoms with Crippen LogP contribution in [0.15, 0.2) is 54.6 Å². The fourth-order valence-electron chi connectivity index (χ4n) is 1.25. The Labute approximate surface area is 88.9 Å². The predicted molar refractivity (Wildman–Crippen MR) is 61.3 cm³/mol. The molecule has 0 unspecified atom stereocenters. The van der Waals surface area contributed by atoms with Gasteiger partial charge in [-0.1, -0.05) is 18.2 Å². The molecule has 0 bridgehead atoms. The van der Waals surface area contributed by atoms with E-state index in [-0.39, 0.29) is 5.48 Å². The van der Waals surface area contributed by atoms with Gasteiger partial charge in [-0.2, -0.15) is 0 Å². The highest BCUT2D eigenvalue weighted by molar-refractivity contribution is 5.61. The van der Waals surface area contributed by atoms with Gasteiger partial charge in [0.1, 0.15) is 0 Å². The van der Waals surface area contributed by atoms with Crippen LogP contribution in [0.25, 0.3) is 0 Å². The van der Waals surface area contributed by atoms with Crippen LogP contribution < -0.4 is 11.1 Å². The average molecular weight is 200 g/mol. The molecule has 2 aromatic rings. The summed E-state index contributed by atoms with van der Waals surface area (Å²) in [7, 11) is 0. The second-order valence-corrected chi connectivity index (χ2v) is 3.11. The smallest absolute Gasteiger partial charge is 0.0385 e. The van der Waals surface area contributed by atoms with Crippen molar-refractivity contribution >= 4 is 17.1 Å². The highest BCUT2D eigenvalue weighted by atomic mass is 16.0. The zero-order valence-electron chi connectivity index (χ0n) is 8.18. The first-order valence-electron chi connectivity index (χ1n) is 4.52. The maximum absolute atomic E-state index is 5.59. The summed E-state index contributed by atoms with van der Waals surface area (Å²) < 4.78 is 0. The molecule has 76 valence electrons. The third-order valence-electron chi connectivity index (χ3n) is 1.97. The molecule has 0 amide bonds. The first-order valence-corrected chi connectivity index (χ1v) is 4.52. The van der Waals surface area contributed by atoms with Crippen LogP contribution >= 0.6 is 0 Å². The molecule has 0 saturated heterocycles. The van der Waals surface area contributed by atoms with Crippen molar-refractivity contribution in [2.45, 2.75) is 0 Å². The van der Waals surface area contributed by atoms with Crippen LogP contribution in [0.2, 0.25) is 0 Å². The van der Waals surface area contributed by atoms with Gasteiger partial charge in [0, 0.05) is 22.5 Å². The largest absolute Gasteiger partial charge is 0.399 e. The molecule has 0 aliphatic heterocycles. The van der Waals surface area contributed by atoms with Crippen molar-refractivity contribution in [2.75, 3.05) is 11.1 Å². The zero-order chi connectivity index (χ0) is 9.80. The molecule has 2 rings (SSSR count). The molecule has 2 aromatic carbocycles. The van der Waals surface area contributed by atoms with Gasteiger partial charge in [-0.3, -0.25) is 0 Å². The van der Waals surface area contributed by atoms with Gasteiger partial charge in [0.25, 0.3) is 0 Å². The molecule has 0 aromatic heterocycles. The van der Waals surface area contributed by atoms with Crippen molar-refractivity contribution in [3.63, 3.8) is 0 Å². The summed E-state index contributed by atoms with van der Waals surface area (Å²) in [5.74, 6) is 0. The number of benzene rings is 2. The van der Waals surface area contributed by atoms with E-state index in [1.54, 1.807) is 0 Å². The third kappa shape index (κ3) is 3.00. The molecule has 15 heavy (non-hydrogen) atoms. The minimum Gasteiger partial charge on any atom is -0.399 e. The summed E-state index contributed by atoms with van der Waals surface area (Å²) in [6.07, 6.45) is 0. The van der Waals surface area contributed by atoms with Crippen LogP contribution in [0.3, 0.4) is 0 Å². The maximum atomic E-state index is 5.59. The van der Waals surface area contributed by atoms with Crippen molar-refractivity contribution in [2.24, 2.45) is 0 Å². The SMILES string of the molecule is Nc1ccc(Nc2ccccc2)cc1.[O]. The Morgan fingerprint density at radius 2 is 1.27 bits per heavy atom. The number of nitrogen functional groups attached to an aromatic ring is 1. The number of nitrogens with two attached hydrogens (primary N) is 1. The summed E-state index contributed by atoms with van der Waals surface area (Å²) >= 11 is 0. The number of para-hydroxylation sites is 1. The topological polar surface area (TPSA) is 66.5 Å². The normalized spacial score (nSPS) is 9.07. The maximum Gasteiger partial charge on any atom is 0.0385 e. The Bertz CT molecular complexity index is 398. The van der Waals surface area contributed by atoms with Crippen LogP contribution in [0.5, 0.6) is 0 Å². The molecule has 0 spiro atoms. The van der Waals surface area contributed by atoms with E-state index >= 15 is 0 Å². The number of nitrogens with one attached hydrogen (secondary N) is 1. The van der Waals surface area contributed by atoms with Crippen molar-refractivity contribution in [3.05, 3.63) is 54.6 Å². The standard InChI is InChI=1S/C12H12N2.O/c13-10-6-8-12(9-7-10)14-11-4-2-1-3-5-11;/h1-9,14H,13H2;. The van der Waals surface area contributed by atoms with Gasteiger partial charge in [-0.15, -0.1) is 0 Å². The van der Waals surface area contributed by atoms with E-state index in [1.807, 2.05) is 54.6 Å². The van der Waals surface area contributed by atoms with Crippen LogP contribution in [0.4, 0.5) is 17.1 Å². The van der Waals surface area contributed by atoms with Gasteiger partial charge in [-0.25, -0.2) is 0 Å². The monoisotopic (exact) mass is 200 g/mol. The molecule has 0 heterocycles. The molecule has 0 aliphatic rings. The van der Waals surface area contributed by atoms with E-state index < -0.39 is 0 Å². The third-order valence-corrected chi connectivity index (χ3v) is 1.97. The van der Waals surface area contributed by atoms with Crippen LogP contribution in [-0.4, -0.2) is 0 Å². The molecule has 3 N–H and O–H groups in total. The Hall–Kier alpha value is -2.00. The van der Waals surface area contributed by atoms with Crippen LogP contribution in [-0.2, 0) is 5.48 Å². The average Bonchev–Trinajstić information content (AvgIpc) is 2.23. The summed E-state index contributed by atoms with van der Waals surface area (Å²) in [6.45, 7) is 0. The lowest BCUT2D eigenvalue weighted by Crippen LogP contribution is -1.90. The van der Waals surface area contributed by atoms with Crippen molar-refractivity contribution in [3.8, 4) is 0 Å². The minimum absolute atomic E-state index is 0. The van der Waals surface area contributed by atoms with E-state index in [4.69, 9.17) is 5.73 Å². The van der Waals surface area contributed by atoms with E-state index in [1.165, 1.54) is 0 Å². The number of anilines is 3. The first kappa shape index (κ1) is 11.1. The summed E-state index contributed by atoms with van der Waals surface area (Å²) in [5, 5.41) is 3.28. The highest BCUT2D eigenvalue weighted by Crippen LogP contribution is 2.16. The Morgan fingerprint density at radius 1 is 0.733 bits per heavy atom. The lowest BCUT2D eigenvalue weighted by atomic mass is 10.2. The van der Waals surface area contributed by atoms with E-state index in [9.17, 15) is 0 Å². The van der Waals surface area contributed by atoms with Gasteiger partial charge < -0.3 is 11.1 Å². The van der Waals surface area contributed by atoms with Gasteiger partial charge in [0.05, 0.1) is 0 Å². The van der Waals surface area contributed by atoms with Gasteiger partial charge in [-0.05, 0) is 36.4 Å². The lowest BCUT2D eigenvalue weighted by molar-refractivity contribution is 0.686. The Balaban J connectivity index is 0.00000112. The Kier molecular flexibility index (Phi) is 3.71. The zero-order valence-corrected chi connectivity index (χ0v) is 8.18. The molecular weight excluding hydrogens is 188 g/mol. The van der Waals surface area contributed by atoms with E-state index in [0.717, 1.165) is 17.1 Å². The molecule has 0 fully saturated rings. The van der Waals surface area contributed by atoms with Gasteiger partial charge in [0.15, 0.2) is 0 Å². The van der Waals surface area contributed by atoms with Gasteiger partial charge >= 0.3 is 0 Å². The molecular formula is C12H12N2O. The second-order valence-electron chi connectivity index (χ2n) is 3.11. The second kappa shape index (κ2) is 5.02. The van der Waals surface area contributed by atoms with Crippen LogP contribution in [0.1, 0.15) is 0 Å². The van der Waals surface area contributed by atoms with E-state index in [2.05, 4.69) is 5.32 Å². The number of hydrogen-bond acceptors (Lipinski definition) is 2. The van der Waals surface area contributed by atoms with Crippen molar-refractivity contribution in [1.82, 2.24) is 0 Å². The predicted octanol–water partition coefficient (Wildman–Crippen LogP) is 2.89. The number of rotatable bonds is 2. The molecule has 0 saturated carbocycles. The molecule has 0 aliphatic carbocycles.